The molecule has 0 aromatic carbocycles. The van der Waals surface area contributed by atoms with Gasteiger partial charge in [0.25, 0.3) is 0 Å². The number of hydrogen-bond acceptors (Lipinski definition) is 3. The maximum absolute atomic E-state index is 12.6. The molecule has 4 saturated carbocycles. The normalized spacial score (nSPS) is 41.6. The molecule has 4 bridgehead atoms. The number of carbonyl (C=O) groups is 1. The molecule has 0 N–H and O–H groups in total. The molecule has 0 aromatic heterocycles. The van der Waals surface area contributed by atoms with Crippen molar-refractivity contribution in [2.45, 2.75) is 63.3 Å². The fourth-order valence-corrected chi connectivity index (χ4v) is 7.30. The number of amides is 1. The minimum Gasteiger partial charge on any atom is -0.340 e. The Morgan fingerprint density at radius 1 is 0.800 bits per heavy atom. The summed E-state index contributed by atoms with van der Waals surface area (Å²) < 4.78 is 0. The van der Waals surface area contributed by atoms with Crippen LogP contribution in [0.1, 0.15) is 57.8 Å². The standard InChI is InChI=1S/C21H35N3O/c25-20(3-6-22-4-1-2-5-22)23-7-9-24(10-8-23)21-14-17-11-18(15-21)13-19(12-17)16-21/h17-19H,1-16H2. The number of carbonyl (C=O) groups excluding carboxylic acids is 1. The molecular weight excluding hydrogens is 310 g/mol. The summed E-state index contributed by atoms with van der Waals surface area (Å²) in [7, 11) is 0. The van der Waals surface area contributed by atoms with E-state index >= 15 is 0 Å². The van der Waals surface area contributed by atoms with Crippen LogP contribution in [0.3, 0.4) is 0 Å². The molecule has 4 heteroatoms. The molecule has 0 spiro atoms. The number of rotatable bonds is 4. The highest BCUT2D eigenvalue weighted by Gasteiger charge is 2.53. The second-order valence-electron chi connectivity index (χ2n) is 9.81. The van der Waals surface area contributed by atoms with Crippen molar-refractivity contribution in [2.24, 2.45) is 17.8 Å². The first-order valence-electron chi connectivity index (χ1n) is 11.0. The summed E-state index contributed by atoms with van der Waals surface area (Å²) in [5.74, 6) is 3.46. The molecule has 140 valence electrons. The molecule has 4 nitrogen and oxygen atoms in total. The Balaban J connectivity index is 1.14. The van der Waals surface area contributed by atoms with Crippen LogP contribution in [0, 0.1) is 17.8 Å². The van der Waals surface area contributed by atoms with Gasteiger partial charge in [-0.3, -0.25) is 9.69 Å². The van der Waals surface area contributed by atoms with Crippen molar-refractivity contribution in [3.05, 3.63) is 0 Å². The fourth-order valence-electron chi connectivity index (χ4n) is 7.30. The van der Waals surface area contributed by atoms with E-state index in [0.717, 1.165) is 56.9 Å². The van der Waals surface area contributed by atoms with E-state index in [9.17, 15) is 4.79 Å². The van der Waals surface area contributed by atoms with Crippen LogP contribution in [-0.4, -0.2) is 72.0 Å². The lowest BCUT2D eigenvalue weighted by molar-refractivity contribution is -0.138. The predicted octanol–water partition coefficient (Wildman–Crippen LogP) is 2.59. The van der Waals surface area contributed by atoms with E-state index in [-0.39, 0.29) is 0 Å². The predicted molar refractivity (Wildman–Crippen MR) is 99.3 cm³/mol. The fraction of sp³-hybridized carbons (Fsp3) is 0.952. The first-order chi connectivity index (χ1) is 12.2. The Morgan fingerprint density at radius 3 is 1.92 bits per heavy atom. The van der Waals surface area contributed by atoms with Crippen molar-refractivity contribution in [3.63, 3.8) is 0 Å². The Labute approximate surface area is 152 Å². The first kappa shape index (κ1) is 16.6. The van der Waals surface area contributed by atoms with Crippen molar-refractivity contribution in [3.8, 4) is 0 Å². The third-order valence-corrected chi connectivity index (χ3v) is 8.15. The van der Waals surface area contributed by atoms with Gasteiger partial charge in [0.1, 0.15) is 0 Å². The molecule has 0 unspecified atom stereocenters. The van der Waals surface area contributed by atoms with E-state index in [4.69, 9.17) is 0 Å². The Bertz CT molecular complexity index is 470. The summed E-state index contributed by atoms with van der Waals surface area (Å²) >= 11 is 0. The summed E-state index contributed by atoms with van der Waals surface area (Å²) in [6, 6.07) is 0. The van der Waals surface area contributed by atoms with Crippen molar-refractivity contribution in [2.75, 3.05) is 45.8 Å². The highest BCUT2D eigenvalue weighted by atomic mass is 16.2. The Hall–Kier alpha value is -0.610. The molecule has 2 heterocycles. The van der Waals surface area contributed by atoms with Crippen molar-refractivity contribution < 1.29 is 4.79 Å². The quantitative estimate of drug-likeness (QED) is 0.783. The van der Waals surface area contributed by atoms with Gasteiger partial charge < -0.3 is 9.80 Å². The first-order valence-corrected chi connectivity index (χ1v) is 11.0. The Kier molecular flexibility index (Phi) is 4.32. The van der Waals surface area contributed by atoms with Gasteiger partial charge in [-0.15, -0.1) is 0 Å². The SMILES string of the molecule is O=C(CCN1CCCC1)N1CCN(C23CC4CC(CC(C4)C2)C3)CC1. The molecule has 0 aromatic rings. The molecule has 6 aliphatic rings. The van der Waals surface area contributed by atoms with Gasteiger partial charge in [-0.05, 0) is 82.2 Å². The molecule has 25 heavy (non-hydrogen) atoms. The lowest BCUT2D eigenvalue weighted by Gasteiger charge is -2.61. The highest BCUT2D eigenvalue weighted by molar-refractivity contribution is 5.76. The maximum atomic E-state index is 12.6. The number of likely N-dealkylation sites (tertiary alicyclic amines) is 1. The van der Waals surface area contributed by atoms with E-state index in [0.29, 0.717) is 11.4 Å². The zero-order chi connectivity index (χ0) is 16.9. The van der Waals surface area contributed by atoms with Gasteiger partial charge in [-0.1, -0.05) is 0 Å². The summed E-state index contributed by atoms with van der Waals surface area (Å²) in [6.07, 6.45) is 12.3. The second-order valence-corrected chi connectivity index (χ2v) is 9.81. The maximum Gasteiger partial charge on any atom is 0.223 e. The van der Waals surface area contributed by atoms with Gasteiger partial charge in [-0.25, -0.2) is 0 Å². The number of hydrogen-bond donors (Lipinski definition) is 0. The van der Waals surface area contributed by atoms with Crippen LogP contribution >= 0.6 is 0 Å². The second kappa shape index (κ2) is 6.53. The minimum absolute atomic E-state index is 0.400. The van der Waals surface area contributed by atoms with Crippen LogP contribution in [0.4, 0.5) is 0 Å². The van der Waals surface area contributed by atoms with Gasteiger partial charge in [0.05, 0.1) is 0 Å². The summed E-state index contributed by atoms with van der Waals surface area (Å²) in [5, 5.41) is 0. The van der Waals surface area contributed by atoms with E-state index in [1.165, 1.54) is 64.5 Å². The molecule has 2 saturated heterocycles. The third kappa shape index (κ3) is 3.14. The molecule has 1 amide bonds. The number of nitrogens with zero attached hydrogens (tertiary/aromatic N) is 3. The largest absolute Gasteiger partial charge is 0.340 e. The lowest BCUT2D eigenvalue weighted by Crippen LogP contribution is -2.64. The van der Waals surface area contributed by atoms with Crippen LogP contribution < -0.4 is 0 Å². The topological polar surface area (TPSA) is 26.8 Å². The van der Waals surface area contributed by atoms with Crippen LogP contribution in [-0.2, 0) is 4.79 Å². The number of piperazine rings is 1. The van der Waals surface area contributed by atoms with E-state index in [2.05, 4.69) is 14.7 Å². The third-order valence-electron chi connectivity index (χ3n) is 8.15. The van der Waals surface area contributed by atoms with Gasteiger partial charge >= 0.3 is 0 Å². The van der Waals surface area contributed by atoms with Crippen molar-refractivity contribution >= 4 is 5.91 Å². The van der Waals surface area contributed by atoms with Gasteiger partial charge in [0.2, 0.25) is 5.91 Å². The molecule has 6 fully saturated rings. The zero-order valence-electron chi connectivity index (χ0n) is 15.8. The summed E-state index contributed by atoms with van der Waals surface area (Å²) in [6.45, 7) is 7.58. The monoisotopic (exact) mass is 345 g/mol. The van der Waals surface area contributed by atoms with Crippen LogP contribution in [0.2, 0.25) is 0 Å². The lowest BCUT2D eigenvalue weighted by atomic mass is 9.52. The van der Waals surface area contributed by atoms with E-state index in [1.54, 1.807) is 0 Å². The van der Waals surface area contributed by atoms with Crippen LogP contribution in [0.25, 0.3) is 0 Å². The van der Waals surface area contributed by atoms with E-state index in [1.807, 2.05) is 0 Å². The van der Waals surface area contributed by atoms with Gasteiger partial charge in [0.15, 0.2) is 0 Å². The average molecular weight is 346 g/mol. The average Bonchev–Trinajstić information content (AvgIpc) is 3.12. The zero-order valence-corrected chi connectivity index (χ0v) is 15.8. The highest BCUT2D eigenvalue weighted by Crippen LogP contribution is 2.57. The molecule has 6 rings (SSSR count). The van der Waals surface area contributed by atoms with Crippen LogP contribution in [0.15, 0.2) is 0 Å². The Morgan fingerprint density at radius 2 is 1.36 bits per heavy atom. The smallest absolute Gasteiger partial charge is 0.223 e. The van der Waals surface area contributed by atoms with Crippen LogP contribution in [0.5, 0.6) is 0 Å². The van der Waals surface area contributed by atoms with Gasteiger partial charge in [0, 0.05) is 44.7 Å². The molecule has 0 atom stereocenters. The summed E-state index contributed by atoms with van der Waals surface area (Å²) in [5.41, 5.74) is 0.527. The molecule has 0 radical (unpaired) electrons. The molecule has 2 aliphatic heterocycles. The summed E-state index contributed by atoms with van der Waals surface area (Å²) in [4.78, 5) is 20.0. The molecule has 4 aliphatic carbocycles. The van der Waals surface area contributed by atoms with E-state index < -0.39 is 0 Å². The van der Waals surface area contributed by atoms with Crippen molar-refractivity contribution in [1.29, 1.82) is 0 Å². The minimum atomic E-state index is 0.400. The van der Waals surface area contributed by atoms with Crippen molar-refractivity contribution in [1.82, 2.24) is 14.7 Å². The molecular formula is C21H35N3O. The van der Waals surface area contributed by atoms with Gasteiger partial charge in [-0.2, -0.15) is 0 Å².